The highest BCUT2D eigenvalue weighted by Crippen LogP contribution is 2.21. The summed E-state index contributed by atoms with van der Waals surface area (Å²) >= 11 is 0. The maximum absolute atomic E-state index is 11.9. The van der Waals surface area contributed by atoms with Crippen molar-refractivity contribution in [1.82, 2.24) is 25.4 Å². The molecule has 1 aromatic heterocycles. The molecule has 0 radical (unpaired) electrons. The van der Waals surface area contributed by atoms with Crippen LogP contribution in [0.2, 0.25) is 0 Å². The highest BCUT2D eigenvalue weighted by atomic mass is 16.2. The second-order valence-corrected chi connectivity index (χ2v) is 8.54. The van der Waals surface area contributed by atoms with Gasteiger partial charge in [-0.2, -0.15) is 0 Å². The maximum atomic E-state index is 11.9. The monoisotopic (exact) mass is 437 g/mol. The van der Waals surface area contributed by atoms with Crippen molar-refractivity contribution in [3.05, 3.63) is 41.5 Å². The number of carbonyl (C=O) groups excluding carboxylic acids is 1. The van der Waals surface area contributed by atoms with Gasteiger partial charge in [0.1, 0.15) is 11.6 Å². The van der Waals surface area contributed by atoms with Crippen molar-refractivity contribution in [2.45, 2.75) is 71.4 Å². The zero-order valence-corrected chi connectivity index (χ0v) is 19.1. The fourth-order valence-electron chi connectivity index (χ4n) is 4.40. The number of amides is 1. The molecular formula is C24H35N7O. The molecule has 2 aromatic rings. The van der Waals surface area contributed by atoms with Crippen LogP contribution in [-0.2, 0) is 30.7 Å². The Bertz CT molecular complexity index is 919. The maximum Gasteiger partial charge on any atom is 0.227 e. The van der Waals surface area contributed by atoms with Gasteiger partial charge >= 0.3 is 0 Å². The van der Waals surface area contributed by atoms with E-state index < -0.39 is 0 Å². The van der Waals surface area contributed by atoms with E-state index in [0.29, 0.717) is 13.0 Å². The second kappa shape index (κ2) is 11.1. The van der Waals surface area contributed by atoms with Crippen molar-refractivity contribution in [2.24, 2.45) is 4.99 Å². The first-order chi connectivity index (χ1) is 15.7. The van der Waals surface area contributed by atoms with Gasteiger partial charge in [-0.15, -0.1) is 10.2 Å². The van der Waals surface area contributed by atoms with Crippen molar-refractivity contribution >= 4 is 17.6 Å². The minimum Gasteiger partial charge on any atom is -0.357 e. The van der Waals surface area contributed by atoms with E-state index in [-0.39, 0.29) is 5.91 Å². The SMILES string of the molecule is CCNC(=NCc1ccc(N2CCCC2=O)cc1)NCCCc1nnc2n1CCCCC2. The van der Waals surface area contributed by atoms with Crippen LogP contribution in [-0.4, -0.2) is 46.3 Å². The van der Waals surface area contributed by atoms with E-state index in [9.17, 15) is 4.79 Å². The number of nitrogens with one attached hydrogen (secondary N) is 2. The lowest BCUT2D eigenvalue weighted by atomic mass is 10.2. The van der Waals surface area contributed by atoms with Gasteiger partial charge in [-0.05, 0) is 50.3 Å². The Morgan fingerprint density at radius 3 is 2.69 bits per heavy atom. The Labute approximate surface area is 190 Å². The highest BCUT2D eigenvalue weighted by molar-refractivity contribution is 5.95. The molecule has 8 nitrogen and oxygen atoms in total. The number of aryl methyl sites for hydroxylation is 2. The van der Waals surface area contributed by atoms with Gasteiger partial charge in [0.25, 0.3) is 0 Å². The van der Waals surface area contributed by atoms with E-state index in [1.807, 2.05) is 17.0 Å². The lowest BCUT2D eigenvalue weighted by Gasteiger charge is -2.16. The van der Waals surface area contributed by atoms with Crippen LogP contribution in [0.15, 0.2) is 29.3 Å². The van der Waals surface area contributed by atoms with Gasteiger partial charge in [0.05, 0.1) is 6.54 Å². The number of carbonyl (C=O) groups is 1. The minimum absolute atomic E-state index is 0.219. The first-order valence-corrected chi connectivity index (χ1v) is 12.1. The second-order valence-electron chi connectivity index (χ2n) is 8.54. The molecule has 0 aliphatic carbocycles. The zero-order chi connectivity index (χ0) is 22.2. The number of fused-ring (bicyclic) bond motifs is 1. The topological polar surface area (TPSA) is 87.4 Å². The molecule has 4 rings (SSSR count). The summed E-state index contributed by atoms with van der Waals surface area (Å²) in [5, 5.41) is 15.6. The average molecular weight is 438 g/mol. The van der Waals surface area contributed by atoms with Gasteiger partial charge in [-0.1, -0.05) is 18.6 Å². The number of aliphatic imine (C=N–C) groups is 1. The molecule has 172 valence electrons. The summed E-state index contributed by atoms with van der Waals surface area (Å²) < 4.78 is 2.33. The van der Waals surface area contributed by atoms with Crippen molar-refractivity contribution in [2.75, 3.05) is 24.5 Å². The fraction of sp³-hybridized carbons (Fsp3) is 0.583. The summed E-state index contributed by atoms with van der Waals surface area (Å²) in [6, 6.07) is 8.17. The van der Waals surface area contributed by atoms with E-state index in [2.05, 4.69) is 44.5 Å². The Balaban J connectivity index is 1.26. The summed E-state index contributed by atoms with van der Waals surface area (Å²) in [4.78, 5) is 18.5. The average Bonchev–Trinajstić information content (AvgIpc) is 3.33. The molecule has 1 aromatic carbocycles. The van der Waals surface area contributed by atoms with Gasteiger partial charge in [0, 0.05) is 51.1 Å². The number of rotatable bonds is 8. The molecule has 3 heterocycles. The normalized spacial score (nSPS) is 16.7. The third kappa shape index (κ3) is 5.66. The van der Waals surface area contributed by atoms with Crippen LogP contribution in [0.1, 0.15) is 62.7 Å². The highest BCUT2D eigenvalue weighted by Gasteiger charge is 2.21. The standard InChI is InChI=1S/C24H35N7O/c1-2-25-24(26-15-6-9-22-29-28-21-8-4-3-5-16-31(21)22)27-18-19-11-13-20(14-12-19)30-17-7-10-23(30)32/h11-14H,2-10,15-18H2,1H3,(H2,25,26,27). The summed E-state index contributed by atoms with van der Waals surface area (Å²) in [6.07, 6.45) is 8.30. The van der Waals surface area contributed by atoms with Gasteiger partial charge in [0.2, 0.25) is 5.91 Å². The van der Waals surface area contributed by atoms with E-state index in [1.165, 1.54) is 19.3 Å². The zero-order valence-electron chi connectivity index (χ0n) is 19.1. The van der Waals surface area contributed by atoms with E-state index in [0.717, 1.165) is 80.7 Å². The third-order valence-electron chi connectivity index (χ3n) is 6.14. The van der Waals surface area contributed by atoms with Crippen LogP contribution in [0, 0.1) is 0 Å². The van der Waals surface area contributed by atoms with Crippen LogP contribution in [0.3, 0.4) is 0 Å². The molecule has 0 atom stereocenters. The number of nitrogens with zero attached hydrogens (tertiary/aromatic N) is 5. The van der Waals surface area contributed by atoms with Crippen molar-refractivity contribution in [3.8, 4) is 0 Å². The lowest BCUT2D eigenvalue weighted by Crippen LogP contribution is -2.37. The molecule has 0 spiro atoms. The van der Waals surface area contributed by atoms with E-state index >= 15 is 0 Å². The number of hydrogen-bond acceptors (Lipinski definition) is 4. The number of hydrogen-bond donors (Lipinski definition) is 2. The van der Waals surface area contributed by atoms with Crippen molar-refractivity contribution in [1.29, 1.82) is 0 Å². The first-order valence-electron chi connectivity index (χ1n) is 12.1. The smallest absolute Gasteiger partial charge is 0.227 e. The summed E-state index contributed by atoms with van der Waals surface area (Å²) in [5.74, 6) is 3.31. The molecule has 0 bridgehead atoms. The lowest BCUT2D eigenvalue weighted by molar-refractivity contribution is -0.117. The Hall–Kier alpha value is -2.90. The molecule has 0 saturated carbocycles. The predicted molar refractivity (Wildman–Crippen MR) is 127 cm³/mol. The summed E-state index contributed by atoms with van der Waals surface area (Å²) in [5.41, 5.74) is 2.11. The van der Waals surface area contributed by atoms with Crippen LogP contribution in [0.4, 0.5) is 5.69 Å². The van der Waals surface area contributed by atoms with Crippen molar-refractivity contribution < 1.29 is 4.79 Å². The fourth-order valence-corrected chi connectivity index (χ4v) is 4.40. The molecule has 8 heteroatoms. The summed E-state index contributed by atoms with van der Waals surface area (Å²) in [6.45, 7) is 6.21. The van der Waals surface area contributed by atoms with Gasteiger partial charge < -0.3 is 20.1 Å². The Kier molecular flexibility index (Phi) is 7.74. The van der Waals surface area contributed by atoms with Crippen LogP contribution < -0.4 is 15.5 Å². The van der Waals surface area contributed by atoms with Gasteiger partial charge in [-0.3, -0.25) is 4.79 Å². The molecule has 32 heavy (non-hydrogen) atoms. The molecule has 0 unspecified atom stereocenters. The molecule has 2 aliphatic rings. The third-order valence-corrected chi connectivity index (χ3v) is 6.14. The molecule has 2 aliphatic heterocycles. The van der Waals surface area contributed by atoms with Crippen LogP contribution in [0.5, 0.6) is 0 Å². The van der Waals surface area contributed by atoms with E-state index in [1.54, 1.807) is 0 Å². The van der Waals surface area contributed by atoms with E-state index in [4.69, 9.17) is 4.99 Å². The minimum atomic E-state index is 0.219. The molecule has 2 N–H and O–H groups in total. The quantitative estimate of drug-likeness (QED) is 0.377. The summed E-state index contributed by atoms with van der Waals surface area (Å²) in [7, 11) is 0. The Morgan fingerprint density at radius 1 is 1.03 bits per heavy atom. The molecule has 1 saturated heterocycles. The first kappa shape index (κ1) is 22.3. The van der Waals surface area contributed by atoms with Gasteiger partial charge in [-0.25, -0.2) is 4.99 Å². The van der Waals surface area contributed by atoms with Crippen LogP contribution >= 0.6 is 0 Å². The van der Waals surface area contributed by atoms with Crippen LogP contribution in [0.25, 0.3) is 0 Å². The Morgan fingerprint density at radius 2 is 1.91 bits per heavy atom. The molecule has 1 fully saturated rings. The number of benzene rings is 1. The number of aromatic nitrogens is 3. The predicted octanol–water partition coefficient (Wildman–Crippen LogP) is 2.82. The number of guanidine groups is 1. The molecule has 1 amide bonds. The van der Waals surface area contributed by atoms with Gasteiger partial charge in [0.15, 0.2) is 5.96 Å². The van der Waals surface area contributed by atoms with Crippen molar-refractivity contribution in [3.63, 3.8) is 0 Å². The molecular weight excluding hydrogens is 402 g/mol. The number of anilines is 1. The largest absolute Gasteiger partial charge is 0.357 e.